The number of carboxylic acids is 1. The molecule has 0 amide bonds. The SMILES string of the molecule is O=C(O)[C@H]1NCCc2cc(Br)ccc21. The van der Waals surface area contributed by atoms with E-state index in [2.05, 4.69) is 21.2 Å². The number of hydrogen-bond donors (Lipinski definition) is 2. The van der Waals surface area contributed by atoms with Gasteiger partial charge in [-0.3, -0.25) is 4.79 Å². The van der Waals surface area contributed by atoms with Crippen LogP contribution in [0, 0.1) is 0 Å². The van der Waals surface area contributed by atoms with Crippen LogP contribution in [0.4, 0.5) is 0 Å². The summed E-state index contributed by atoms with van der Waals surface area (Å²) in [6.45, 7) is 0.723. The van der Waals surface area contributed by atoms with Gasteiger partial charge >= 0.3 is 5.97 Å². The average molecular weight is 256 g/mol. The van der Waals surface area contributed by atoms with E-state index >= 15 is 0 Å². The molecule has 2 N–H and O–H groups in total. The van der Waals surface area contributed by atoms with Gasteiger partial charge in [-0.15, -0.1) is 0 Å². The second-order valence-corrected chi connectivity index (χ2v) is 4.23. The topological polar surface area (TPSA) is 49.3 Å². The molecule has 0 radical (unpaired) electrons. The Labute approximate surface area is 90.3 Å². The van der Waals surface area contributed by atoms with E-state index in [0.717, 1.165) is 28.6 Å². The maximum atomic E-state index is 10.9. The fourth-order valence-electron chi connectivity index (χ4n) is 1.75. The number of hydrogen-bond acceptors (Lipinski definition) is 2. The van der Waals surface area contributed by atoms with Gasteiger partial charge < -0.3 is 10.4 Å². The number of carbonyl (C=O) groups is 1. The van der Waals surface area contributed by atoms with E-state index in [0.29, 0.717) is 0 Å². The second kappa shape index (κ2) is 3.71. The Kier molecular flexibility index (Phi) is 2.56. The molecule has 1 aromatic carbocycles. The van der Waals surface area contributed by atoms with Crippen LogP contribution >= 0.6 is 15.9 Å². The number of nitrogens with one attached hydrogen (secondary N) is 1. The molecule has 0 aromatic heterocycles. The van der Waals surface area contributed by atoms with E-state index in [1.165, 1.54) is 0 Å². The van der Waals surface area contributed by atoms with Crippen LogP contribution in [0.2, 0.25) is 0 Å². The van der Waals surface area contributed by atoms with Crippen molar-refractivity contribution in [1.82, 2.24) is 5.32 Å². The van der Waals surface area contributed by atoms with Gasteiger partial charge in [-0.05, 0) is 29.7 Å². The van der Waals surface area contributed by atoms with E-state index < -0.39 is 12.0 Å². The molecule has 1 heterocycles. The highest BCUT2D eigenvalue weighted by Crippen LogP contribution is 2.25. The van der Waals surface area contributed by atoms with Crippen molar-refractivity contribution in [2.75, 3.05) is 6.54 Å². The normalized spacial score (nSPS) is 20.2. The van der Waals surface area contributed by atoms with E-state index in [4.69, 9.17) is 5.11 Å². The summed E-state index contributed by atoms with van der Waals surface area (Å²) in [5, 5.41) is 12.0. The van der Waals surface area contributed by atoms with Crippen molar-refractivity contribution in [2.24, 2.45) is 0 Å². The maximum absolute atomic E-state index is 10.9. The average Bonchev–Trinajstić information content (AvgIpc) is 2.16. The summed E-state index contributed by atoms with van der Waals surface area (Å²) in [6.07, 6.45) is 0.887. The summed E-state index contributed by atoms with van der Waals surface area (Å²) >= 11 is 3.38. The lowest BCUT2D eigenvalue weighted by atomic mass is 9.94. The first kappa shape index (κ1) is 9.68. The summed E-state index contributed by atoms with van der Waals surface area (Å²) in [6, 6.07) is 5.19. The van der Waals surface area contributed by atoms with Gasteiger partial charge in [0.05, 0.1) is 0 Å². The largest absolute Gasteiger partial charge is 0.480 e. The summed E-state index contributed by atoms with van der Waals surface area (Å²) < 4.78 is 1.00. The third-order valence-corrected chi connectivity index (χ3v) is 2.90. The van der Waals surface area contributed by atoms with Crippen LogP contribution in [0.5, 0.6) is 0 Å². The lowest BCUT2D eigenvalue weighted by molar-refractivity contribution is -0.139. The zero-order chi connectivity index (χ0) is 10.1. The second-order valence-electron chi connectivity index (χ2n) is 3.32. The monoisotopic (exact) mass is 255 g/mol. The van der Waals surface area contributed by atoms with E-state index in [-0.39, 0.29) is 0 Å². The van der Waals surface area contributed by atoms with Gasteiger partial charge in [0, 0.05) is 11.0 Å². The highest BCUT2D eigenvalue weighted by atomic mass is 79.9. The van der Waals surface area contributed by atoms with Crippen LogP contribution in [-0.2, 0) is 11.2 Å². The molecule has 1 atom stereocenters. The van der Waals surface area contributed by atoms with Gasteiger partial charge in [-0.2, -0.15) is 0 Å². The minimum Gasteiger partial charge on any atom is -0.480 e. The molecule has 0 spiro atoms. The molecule has 2 rings (SSSR count). The first-order chi connectivity index (χ1) is 6.68. The van der Waals surface area contributed by atoms with Gasteiger partial charge in [0.1, 0.15) is 6.04 Å². The Morgan fingerprint density at radius 3 is 3.07 bits per heavy atom. The predicted octanol–water partition coefficient (Wildman–Crippen LogP) is 1.72. The van der Waals surface area contributed by atoms with E-state index in [1.807, 2.05) is 18.2 Å². The van der Waals surface area contributed by atoms with Crippen LogP contribution in [0.25, 0.3) is 0 Å². The number of halogens is 1. The van der Waals surface area contributed by atoms with Gasteiger partial charge in [-0.25, -0.2) is 0 Å². The molecule has 1 aliphatic heterocycles. The number of carboxylic acid groups (broad SMARTS) is 1. The summed E-state index contributed by atoms with van der Waals surface area (Å²) in [5.41, 5.74) is 2.00. The molecule has 4 heteroatoms. The van der Waals surface area contributed by atoms with Crippen LogP contribution in [0.3, 0.4) is 0 Å². The Morgan fingerprint density at radius 1 is 1.57 bits per heavy atom. The highest BCUT2D eigenvalue weighted by Gasteiger charge is 2.25. The van der Waals surface area contributed by atoms with E-state index in [9.17, 15) is 4.79 Å². The van der Waals surface area contributed by atoms with Gasteiger partial charge in [0.2, 0.25) is 0 Å². The molecule has 14 heavy (non-hydrogen) atoms. The summed E-state index contributed by atoms with van der Waals surface area (Å²) in [4.78, 5) is 10.9. The molecule has 1 aliphatic rings. The van der Waals surface area contributed by atoms with Crippen molar-refractivity contribution in [1.29, 1.82) is 0 Å². The van der Waals surface area contributed by atoms with E-state index in [1.54, 1.807) is 0 Å². The smallest absolute Gasteiger partial charge is 0.325 e. The molecule has 0 fully saturated rings. The zero-order valence-corrected chi connectivity index (χ0v) is 9.04. The van der Waals surface area contributed by atoms with Crippen LogP contribution < -0.4 is 5.32 Å². The molecule has 0 aliphatic carbocycles. The number of fused-ring (bicyclic) bond motifs is 1. The molecule has 0 bridgehead atoms. The highest BCUT2D eigenvalue weighted by molar-refractivity contribution is 9.10. The fourth-order valence-corrected chi connectivity index (χ4v) is 2.16. The van der Waals surface area contributed by atoms with Crippen molar-refractivity contribution in [3.8, 4) is 0 Å². The lowest BCUT2D eigenvalue weighted by Crippen LogP contribution is -2.34. The van der Waals surface area contributed by atoms with Crippen molar-refractivity contribution >= 4 is 21.9 Å². The fraction of sp³-hybridized carbons (Fsp3) is 0.300. The molecule has 74 valence electrons. The van der Waals surface area contributed by atoms with Gasteiger partial charge in [-0.1, -0.05) is 22.0 Å². The summed E-state index contributed by atoms with van der Waals surface area (Å²) in [5.74, 6) is -0.812. The number of aliphatic carboxylic acids is 1. The predicted molar refractivity (Wildman–Crippen MR) is 56.2 cm³/mol. The Hall–Kier alpha value is -0.870. The molecule has 0 saturated carbocycles. The quantitative estimate of drug-likeness (QED) is 0.804. The zero-order valence-electron chi connectivity index (χ0n) is 7.46. The third-order valence-electron chi connectivity index (χ3n) is 2.41. The molecule has 0 unspecified atom stereocenters. The minimum atomic E-state index is -0.812. The molecular formula is C10H10BrNO2. The standard InChI is InChI=1S/C10H10BrNO2/c11-7-1-2-8-6(5-7)3-4-12-9(8)10(13)14/h1-2,5,9,12H,3-4H2,(H,13,14)/t9-/m0/s1. The minimum absolute atomic E-state index is 0.549. The summed E-state index contributed by atoms with van der Waals surface area (Å²) in [7, 11) is 0. The molecular weight excluding hydrogens is 246 g/mol. The van der Waals surface area contributed by atoms with Crippen molar-refractivity contribution in [3.63, 3.8) is 0 Å². The van der Waals surface area contributed by atoms with Crippen molar-refractivity contribution in [3.05, 3.63) is 33.8 Å². The number of rotatable bonds is 1. The Balaban J connectivity index is 2.44. The maximum Gasteiger partial charge on any atom is 0.325 e. The molecule has 3 nitrogen and oxygen atoms in total. The molecule has 0 saturated heterocycles. The van der Waals surface area contributed by atoms with Gasteiger partial charge in [0.15, 0.2) is 0 Å². The van der Waals surface area contributed by atoms with Crippen LogP contribution in [0.15, 0.2) is 22.7 Å². The van der Waals surface area contributed by atoms with Crippen molar-refractivity contribution < 1.29 is 9.90 Å². The van der Waals surface area contributed by atoms with Crippen LogP contribution in [-0.4, -0.2) is 17.6 Å². The molecule has 1 aromatic rings. The number of benzene rings is 1. The first-order valence-electron chi connectivity index (χ1n) is 4.43. The van der Waals surface area contributed by atoms with Crippen molar-refractivity contribution in [2.45, 2.75) is 12.5 Å². The Bertz CT molecular complexity index is 378. The lowest BCUT2D eigenvalue weighted by Gasteiger charge is -2.23. The first-order valence-corrected chi connectivity index (χ1v) is 5.22. The Morgan fingerprint density at radius 2 is 2.36 bits per heavy atom. The van der Waals surface area contributed by atoms with Gasteiger partial charge in [0.25, 0.3) is 0 Å². The van der Waals surface area contributed by atoms with Crippen LogP contribution in [0.1, 0.15) is 17.2 Å². The third kappa shape index (κ3) is 1.67.